The number of nitrogens with two attached hydrogens (primary N) is 1. The Bertz CT molecular complexity index is 512. The van der Waals surface area contributed by atoms with Crippen LogP contribution in [0.15, 0.2) is 18.2 Å². The molecule has 0 aromatic heterocycles. The molecule has 1 aliphatic rings. The van der Waals surface area contributed by atoms with Crippen LogP contribution in [0.1, 0.15) is 24.8 Å². The van der Waals surface area contributed by atoms with Crippen molar-refractivity contribution in [3.05, 3.63) is 34.6 Å². The fourth-order valence-electron chi connectivity index (χ4n) is 2.70. The number of halogens is 2. The average molecular weight is 301 g/mol. The molecule has 3 N–H and O–H groups in total. The Morgan fingerprint density at radius 1 is 1.55 bits per heavy atom. The highest BCUT2D eigenvalue weighted by Gasteiger charge is 2.34. The van der Waals surface area contributed by atoms with Crippen LogP contribution in [0, 0.1) is 5.82 Å². The Kier molecular flexibility index (Phi) is 4.62. The minimum Gasteiger partial charge on any atom is -0.388 e. The van der Waals surface area contributed by atoms with Crippen LogP contribution in [0.2, 0.25) is 5.02 Å². The molecule has 1 aliphatic heterocycles. The minimum absolute atomic E-state index is 0.0629. The Balaban J connectivity index is 2.04. The van der Waals surface area contributed by atoms with Gasteiger partial charge in [0.2, 0.25) is 5.91 Å². The van der Waals surface area contributed by atoms with E-state index in [2.05, 4.69) is 0 Å². The first kappa shape index (κ1) is 15.2. The number of amides is 1. The fraction of sp³-hybridized carbons (Fsp3) is 0.500. The second kappa shape index (κ2) is 6.08. The van der Waals surface area contributed by atoms with E-state index in [1.54, 1.807) is 12.1 Å². The fourth-order valence-corrected chi connectivity index (χ4v) is 2.86. The number of primary amides is 1. The number of hydrogen-bond acceptors (Lipinski definition) is 3. The number of nitrogens with zero attached hydrogens (tertiary/aromatic N) is 1. The minimum atomic E-state index is -1.10. The first-order chi connectivity index (χ1) is 9.38. The van der Waals surface area contributed by atoms with Crippen LogP contribution in [-0.4, -0.2) is 34.6 Å². The summed E-state index contributed by atoms with van der Waals surface area (Å²) in [5.74, 6) is -0.881. The van der Waals surface area contributed by atoms with E-state index in [0.717, 1.165) is 13.0 Å². The third kappa shape index (κ3) is 3.91. The van der Waals surface area contributed by atoms with Crippen molar-refractivity contribution in [2.75, 3.05) is 13.1 Å². The first-order valence-corrected chi connectivity index (χ1v) is 6.93. The van der Waals surface area contributed by atoms with Gasteiger partial charge in [-0.2, -0.15) is 0 Å². The monoisotopic (exact) mass is 300 g/mol. The molecule has 0 aliphatic carbocycles. The van der Waals surface area contributed by atoms with E-state index < -0.39 is 11.5 Å². The molecule has 1 amide bonds. The quantitative estimate of drug-likeness (QED) is 0.889. The number of carbonyl (C=O) groups excluding carboxylic acids is 1. The lowest BCUT2D eigenvalue weighted by atomic mass is 9.89. The number of likely N-dealkylation sites (tertiary alicyclic amines) is 1. The van der Waals surface area contributed by atoms with Crippen LogP contribution in [0.5, 0.6) is 0 Å². The van der Waals surface area contributed by atoms with Gasteiger partial charge in [0.1, 0.15) is 5.82 Å². The van der Waals surface area contributed by atoms with Crippen LogP contribution < -0.4 is 5.73 Å². The third-order valence-electron chi connectivity index (χ3n) is 3.55. The number of aliphatic hydroxyl groups is 1. The van der Waals surface area contributed by atoms with Gasteiger partial charge in [0.15, 0.2) is 0 Å². The Labute approximate surface area is 122 Å². The summed E-state index contributed by atoms with van der Waals surface area (Å²) in [6, 6.07) is 4.55. The lowest BCUT2D eigenvalue weighted by Gasteiger charge is -2.38. The molecule has 6 heteroatoms. The molecule has 110 valence electrons. The van der Waals surface area contributed by atoms with Crippen LogP contribution in [0.3, 0.4) is 0 Å². The Hall–Kier alpha value is -1.17. The Morgan fingerprint density at radius 2 is 2.30 bits per heavy atom. The molecule has 1 aromatic rings. The van der Waals surface area contributed by atoms with Crippen LogP contribution in [0.25, 0.3) is 0 Å². The molecule has 1 aromatic carbocycles. The molecule has 1 unspecified atom stereocenters. The number of piperidine rings is 1. The summed E-state index contributed by atoms with van der Waals surface area (Å²) < 4.78 is 13.8. The summed E-state index contributed by atoms with van der Waals surface area (Å²) in [4.78, 5) is 12.9. The van der Waals surface area contributed by atoms with Crippen molar-refractivity contribution in [1.82, 2.24) is 4.90 Å². The molecule has 1 atom stereocenters. The van der Waals surface area contributed by atoms with E-state index in [1.165, 1.54) is 6.07 Å². The Morgan fingerprint density at radius 3 is 2.95 bits per heavy atom. The molecule has 0 radical (unpaired) electrons. The van der Waals surface area contributed by atoms with Crippen molar-refractivity contribution >= 4 is 17.5 Å². The topological polar surface area (TPSA) is 66.6 Å². The van der Waals surface area contributed by atoms with Gasteiger partial charge in [0, 0.05) is 23.7 Å². The molecular weight excluding hydrogens is 283 g/mol. The molecular formula is C14H18ClFN2O2. The predicted molar refractivity (Wildman–Crippen MR) is 74.7 cm³/mol. The highest BCUT2D eigenvalue weighted by atomic mass is 35.5. The maximum absolute atomic E-state index is 13.8. The van der Waals surface area contributed by atoms with E-state index in [1.807, 2.05) is 4.90 Å². The molecule has 0 spiro atoms. The van der Waals surface area contributed by atoms with E-state index in [-0.39, 0.29) is 12.2 Å². The summed E-state index contributed by atoms with van der Waals surface area (Å²) in [6.07, 6.45) is 1.22. The molecule has 20 heavy (non-hydrogen) atoms. The van der Waals surface area contributed by atoms with Gasteiger partial charge in [-0.3, -0.25) is 9.69 Å². The summed E-state index contributed by atoms with van der Waals surface area (Å²) in [5.41, 5.74) is 4.58. The maximum Gasteiger partial charge on any atom is 0.220 e. The van der Waals surface area contributed by atoms with Gasteiger partial charge in [0.05, 0.1) is 12.0 Å². The second-order valence-electron chi connectivity index (χ2n) is 5.42. The highest BCUT2D eigenvalue weighted by molar-refractivity contribution is 6.30. The SMILES string of the molecule is NC(=O)CC1(O)CCCN(Cc2ccc(Cl)cc2F)C1. The molecule has 1 fully saturated rings. The molecule has 2 rings (SSSR count). The third-order valence-corrected chi connectivity index (χ3v) is 3.78. The summed E-state index contributed by atoms with van der Waals surface area (Å²) >= 11 is 5.72. The zero-order chi connectivity index (χ0) is 14.8. The van der Waals surface area contributed by atoms with Gasteiger partial charge in [-0.1, -0.05) is 17.7 Å². The molecule has 0 bridgehead atoms. The lowest BCUT2D eigenvalue weighted by molar-refractivity contribution is -0.125. The van der Waals surface area contributed by atoms with Gasteiger partial charge >= 0.3 is 0 Å². The van der Waals surface area contributed by atoms with Gasteiger partial charge in [0.25, 0.3) is 0 Å². The van der Waals surface area contributed by atoms with E-state index in [0.29, 0.717) is 30.1 Å². The van der Waals surface area contributed by atoms with Gasteiger partial charge in [-0.25, -0.2) is 4.39 Å². The van der Waals surface area contributed by atoms with Crippen molar-refractivity contribution in [3.63, 3.8) is 0 Å². The number of rotatable bonds is 4. The average Bonchev–Trinajstić information content (AvgIpc) is 2.31. The van der Waals surface area contributed by atoms with E-state index in [4.69, 9.17) is 17.3 Å². The highest BCUT2D eigenvalue weighted by Crippen LogP contribution is 2.26. The lowest BCUT2D eigenvalue weighted by Crippen LogP contribution is -2.49. The molecule has 1 saturated heterocycles. The van der Waals surface area contributed by atoms with Crippen LogP contribution in [0.4, 0.5) is 4.39 Å². The maximum atomic E-state index is 13.8. The smallest absolute Gasteiger partial charge is 0.220 e. The van der Waals surface area contributed by atoms with E-state index >= 15 is 0 Å². The zero-order valence-electron chi connectivity index (χ0n) is 11.1. The van der Waals surface area contributed by atoms with Crippen molar-refractivity contribution < 1.29 is 14.3 Å². The van der Waals surface area contributed by atoms with Crippen LogP contribution >= 0.6 is 11.6 Å². The zero-order valence-corrected chi connectivity index (χ0v) is 11.9. The van der Waals surface area contributed by atoms with Gasteiger partial charge in [-0.05, 0) is 31.5 Å². The summed E-state index contributed by atoms with van der Waals surface area (Å²) in [5, 5.41) is 10.7. The number of hydrogen-bond donors (Lipinski definition) is 2. The van der Waals surface area contributed by atoms with Gasteiger partial charge < -0.3 is 10.8 Å². The summed E-state index contributed by atoms with van der Waals surface area (Å²) in [7, 11) is 0. The van der Waals surface area contributed by atoms with E-state index in [9.17, 15) is 14.3 Å². The predicted octanol–water partition coefficient (Wildman–Crippen LogP) is 1.68. The first-order valence-electron chi connectivity index (χ1n) is 6.55. The molecule has 1 heterocycles. The molecule has 0 saturated carbocycles. The van der Waals surface area contributed by atoms with Gasteiger partial charge in [-0.15, -0.1) is 0 Å². The standard InChI is InChI=1S/C14H18ClFN2O2/c15-11-3-2-10(12(16)6-11)8-18-5-1-4-14(20,9-18)7-13(17)19/h2-3,6,20H,1,4-5,7-9H2,(H2,17,19). The van der Waals surface area contributed by atoms with Crippen molar-refractivity contribution in [2.24, 2.45) is 5.73 Å². The largest absolute Gasteiger partial charge is 0.388 e. The van der Waals surface area contributed by atoms with Crippen LogP contribution in [-0.2, 0) is 11.3 Å². The van der Waals surface area contributed by atoms with Crippen molar-refractivity contribution in [2.45, 2.75) is 31.4 Å². The normalized spacial score (nSPS) is 23.8. The second-order valence-corrected chi connectivity index (χ2v) is 5.85. The number of benzene rings is 1. The number of carbonyl (C=O) groups is 1. The summed E-state index contributed by atoms with van der Waals surface area (Å²) in [6.45, 7) is 1.45. The van der Waals surface area contributed by atoms with Crippen molar-refractivity contribution in [1.29, 1.82) is 0 Å². The number of β-amino-alcohol motifs (C(OH)–C–C–N with tert-alkyl or cyclic N) is 1. The van der Waals surface area contributed by atoms with Crippen molar-refractivity contribution in [3.8, 4) is 0 Å². The molecule has 4 nitrogen and oxygen atoms in total.